The van der Waals surface area contributed by atoms with E-state index in [-0.39, 0.29) is 5.91 Å². The second kappa shape index (κ2) is 7.37. The topological polar surface area (TPSA) is 49.3 Å². The van der Waals surface area contributed by atoms with Crippen LogP contribution in [0.5, 0.6) is 0 Å². The quantitative estimate of drug-likeness (QED) is 0.583. The molecular formula is C15H25NO2. The molecule has 2 N–H and O–H groups in total. The van der Waals surface area contributed by atoms with E-state index in [0.717, 1.165) is 25.7 Å². The van der Waals surface area contributed by atoms with Gasteiger partial charge in [0.25, 0.3) is 0 Å². The van der Waals surface area contributed by atoms with Gasteiger partial charge in [0.2, 0.25) is 5.91 Å². The Morgan fingerprint density at radius 2 is 1.94 bits per heavy atom. The highest BCUT2D eigenvalue weighted by Gasteiger charge is 2.25. The molecule has 0 aromatic heterocycles. The number of hydrogen-bond donors (Lipinski definition) is 2. The molecule has 0 aliphatic heterocycles. The van der Waals surface area contributed by atoms with Crippen molar-refractivity contribution < 1.29 is 9.90 Å². The first kappa shape index (κ1) is 15.0. The van der Waals surface area contributed by atoms with Crippen LogP contribution in [0.1, 0.15) is 46.0 Å². The van der Waals surface area contributed by atoms with Crippen LogP contribution < -0.4 is 5.32 Å². The molecular weight excluding hydrogens is 226 g/mol. The van der Waals surface area contributed by atoms with Crippen molar-refractivity contribution >= 4 is 5.91 Å². The van der Waals surface area contributed by atoms with E-state index in [0.29, 0.717) is 12.5 Å². The number of hydrogen-bond acceptors (Lipinski definition) is 2. The van der Waals surface area contributed by atoms with E-state index in [9.17, 15) is 9.90 Å². The maximum atomic E-state index is 11.4. The van der Waals surface area contributed by atoms with Gasteiger partial charge in [-0.2, -0.15) is 0 Å². The summed E-state index contributed by atoms with van der Waals surface area (Å²) in [7, 11) is 0. The Hall–Kier alpha value is -1.09. The third-order valence-electron chi connectivity index (χ3n) is 3.17. The minimum Gasteiger partial charge on any atom is -0.386 e. The van der Waals surface area contributed by atoms with E-state index in [1.807, 2.05) is 6.08 Å². The monoisotopic (exact) mass is 251 g/mol. The lowest BCUT2D eigenvalue weighted by Gasteiger charge is -2.28. The summed E-state index contributed by atoms with van der Waals surface area (Å²) in [5.74, 6) is 0.379. The lowest BCUT2D eigenvalue weighted by molar-refractivity contribution is -0.116. The first-order chi connectivity index (χ1) is 8.52. The minimum atomic E-state index is -0.656. The van der Waals surface area contributed by atoms with Crippen molar-refractivity contribution in [2.45, 2.75) is 51.6 Å². The summed E-state index contributed by atoms with van der Waals surface area (Å²) in [5.41, 5.74) is -0.656. The Morgan fingerprint density at radius 3 is 2.56 bits per heavy atom. The lowest BCUT2D eigenvalue weighted by atomic mass is 9.85. The summed E-state index contributed by atoms with van der Waals surface area (Å²) in [6.07, 6.45) is 11.8. The molecule has 0 radical (unpaired) electrons. The zero-order valence-corrected chi connectivity index (χ0v) is 11.5. The molecule has 0 spiro atoms. The smallest absolute Gasteiger partial charge is 0.243 e. The van der Waals surface area contributed by atoms with Gasteiger partial charge in [0.1, 0.15) is 0 Å². The van der Waals surface area contributed by atoms with Crippen molar-refractivity contribution in [3.05, 3.63) is 24.3 Å². The van der Waals surface area contributed by atoms with Crippen molar-refractivity contribution in [2.24, 2.45) is 5.92 Å². The molecule has 1 saturated carbocycles. The molecule has 0 aromatic carbocycles. The van der Waals surface area contributed by atoms with E-state index in [4.69, 9.17) is 0 Å². The van der Waals surface area contributed by atoms with E-state index in [2.05, 4.69) is 19.2 Å². The summed E-state index contributed by atoms with van der Waals surface area (Å²) >= 11 is 0. The third-order valence-corrected chi connectivity index (χ3v) is 3.17. The summed E-state index contributed by atoms with van der Waals surface area (Å²) in [6.45, 7) is 4.81. The van der Waals surface area contributed by atoms with Gasteiger partial charge in [0.05, 0.1) is 5.60 Å². The maximum absolute atomic E-state index is 11.4. The van der Waals surface area contributed by atoms with Crippen molar-refractivity contribution in [3.63, 3.8) is 0 Å². The zero-order chi connectivity index (χ0) is 13.4. The number of nitrogens with one attached hydrogen (secondary N) is 1. The highest BCUT2D eigenvalue weighted by molar-refractivity contribution is 5.87. The summed E-state index contributed by atoms with van der Waals surface area (Å²) in [4.78, 5) is 11.4. The van der Waals surface area contributed by atoms with E-state index < -0.39 is 5.60 Å². The highest BCUT2D eigenvalue weighted by Crippen LogP contribution is 2.28. The van der Waals surface area contributed by atoms with Crippen LogP contribution >= 0.6 is 0 Å². The molecule has 0 bridgehead atoms. The van der Waals surface area contributed by atoms with Crippen molar-refractivity contribution in [1.29, 1.82) is 0 Å². The van der Waals surface area contributed by atoms with E-state index in [1.54, 1.807) is 12.2 Å². The number of carbonyl (C=O) groups is 1. The largest absolute Gasteiger partial charge is 0.386 e. The Balaban J connectivity index is 2.32. The Morgan fingerprint density at radius 1 is 1.28 bits per heavy atom. The molecule has 0 saturated heterocycles. The predicted octanol–water partition coefficient (Wildman–Crippen LogP) is 2.57. The minimum absolute atomic E-state index is 0.0796. The Bertz CT molecular complexity index is 312. The van der Waals surface area contributed by atoms with Gasteiger partial charge >= 0.3 is 0 Å². The number of carbonyl (C=O) groups excluding carboxylic acids is 1. The second-order valence-corrected chi connectivity index (χ2v) is 5.52. The average molecular weight is 251 g/mol. The van der Waals surface area contributed by atoms with Gasteiger partial charge in [0, 0.05) is 12.6 Å². The first-order valence-corrected chi connectivity index (χ1v) is 6.88. The standard InChI is InChI=1S/C15H25NO2/c1-13(2)12-16-14(17)8-4-7-11-15(18)9-5-3-6-10-15/h4,7-8,11,13,18H,3,5-6,9-10,12H2,1-2H3,(H,16,17)/b8-4+,11-7-. The molecule has 3 nitrogen and oxygen atoms in total. The van der Waals surface area contributed by atoms with E-state index >= 15 is 0 Å². The van der Waals surface area contributed by atoms with Crippen LogP contribution in [0.25, 0.3) is 0 Å². The molecule has 0 atom stereocenters. The van der Waals surface area contributed by atoms with Crippen molar-refractivity contribution in [3.8, 4) is 0 Å². The van der Waals surface area contributed by atoms with Crippen molar-refractivity contribution in [1.82, 2.24) is 5.32 Å². The van der Waals surface area contributed by atoms with Crippen LogP contribution in [-0.2, 0) is 4.79 Å². The molecule has 1 aliphatic rings. The second-order valence-electron chi connectivity index (χ2n) is 5.52. The van der Waals surface area contributed by atoms with Crippen LogP contribution in [0, 0.1) is 5.92 Å². The molecule has 1 rings (SSSR count). The highest BCUT2D eigenvalue weighted by atomic mass is 16.3. The zero-order valence-electron chi connectivity index (χ0n) is 11.5. The SMILES string of the molecule is CC(C)CNC(=O)/C=C/C=C\C1(O)CCCCC1. The Labute approximate surface area is 110 Å². The predicted molar refractivity (Wildman–Crippen MR) is 74.2 cm³/mol. The lowest BCUT2D eigenvalue weighted by Crippen LogP contribution is -2.28. The molecule has 3 heteroatoms. The molecule has 1 aliphatic carbocycles. The summed E-state index contributed by atoms with van der Waals surface area (Å²) < 4.78 is 0. The fraction of sp³-hybridized carbons (Fsp3) is 0.667. The van der Waals surface area contributed by atoms with E-state index in [1.165, 1.54) is 12.5 Å². The van der Waals surface area contributed by atoms with Crippen LogP contribution in [0.3, 0.4) is 0 Å². The average Bonchev–Trinajstić information content (AvgIpc) is 2.33. The number of rotatable bonds is 5. The number of amides is 1. The van der Waals surface area contributed by atoms with Gasteiger partial charge < -0.3 is 10.4 Å². The molecule has 18 heavy (non-hydrogen) atoms. The van der Waals surface area contributed by atoms with Gasteiger partial charge in [-0.05, 0) is 18.8 Å². The number of allylic oxidation sites excluding steroid dienone is 2. The summed E-state index contributed by atoms with van der Waals surface area (Å²) in [5, 5.41) is 13.0. The van der Waals surface area contributed by atoms with Crippen LogP contribution in [0.15, 0.2) is 24.3 Å². The maximum Gasteiger partial charge on any atom is 0.243 e. The molecule has 1 amide bonds. The normalized spacial score (nSPS) is 19.8. The fourth-order valence-electron chi connectivity index (χ4n) is 2.07. The van der Waals surface area contributed by atoms with Gasteiger partial charge in [0.15, 0.2) is 0 Å². The van der Waals surface area contributed by atoms with Gasteiger partial charge in [-0.3, -0.25) is 4.79 Å². The molecule has 0 unspecified atom stereocenters. The van der Waals surface area contributed by atoms with Gasteiger partial charge in [-0.25, -0.2) is 0 Å². The third kappa shape index (κ3) is 6.01. The van der Waals surface area contributed by atoms with Gasteiger partial charge in [-0.15, -0.1) is 0 Å². The van der Waals surface area contributed by atoms with Gasteiger partial charge in [-0.1, -0.05) is 51.3 Å². The first-order valence-electron chi connectivity index (χ1n) is 6.88. The molecule has 0 aromatic rings. The molecule has 1 fully saturated rings. The Kier molecular flexibility index (Phi) is 6.13. The number of aliphatic hydroxyl groups is 1. The molecule has 102 valence electrons. The fourth-order valence-corrected chi connectivity index (χ4v) is 2.07. The summed E-state index contributed by atoms with van der Waals surface area (Å²) in [6, 6.07) is 0. The van der Waals surface area contributed by atoms with Crippen LogP contribution in [0.2, 0.25) is 0 Å². The van der Waals surface area contributed by atoms with Crippen molar-refractivity contribution in [2.75, 3.05) is 6.54 Å². The van der Waals surface area contributed by atoms with Crippen LogP contribution in [-0.4, -0.2) is 23.2 Å². The van der Waals surface area contributed by atoms with Crippen LogP contribution in [0.4, 0.5) is 0 Å². The molecule has 0 heterocycles.